The Bertz CT molecular complexity index is 709. The molecule has 7 nitrogen and oxygen atoms in total. The van der Waals surface area contributed by atoms with E-state index in [1.165, 1.54) is 0 Å². The highest BCUT2D eigenvalue weighted by Crippen LogP contribution is 2.17. The van der Waals surface area contributed by atoms with Gasteiger partial charge in [-0.1, -0.05) is 0 Å². The minimum Gasteiger partial charge on any atom is -0.356 e. The molecule has 1 saturated heterocycles. The number of hydrogen-bond donors (Lipinski definition) is 2. The normalized spacial score (nSPS) is 20.4. The summed E-state index contributed by atoms with van der Waals surface area (Å²) in [5.74, 6) is 0.499. The monoisotopic (exact) mass is 313 g/mol. The molecule has 2 rings (SSSR count). The second kappa shape index (κ2) is 5.97. The molecular formula is C13H19N3O4S. The molecule has 1 aliphatic rings. The smallest absolute Gasteiger partial charge is 0.254 e. The van der Waals surface area contributed by atoms with Crippen molar-refractivity contribution in [3.63, 3.8) is 0 Å². The highest BCUT2D eigenvalue weighted by Gasteiger charge is 2.28. The third-order valence-corrected chi connectivity index (χ3v) is 5.43. The van der Waals surface area contributed by atoms with Gasteiger partial charge < -0.3 is 10.3 Å². The highest BCUT2D eigenvalue weighted by atomic mass is 32.2. The Morgan fingerprint density at radius 2 is 2.14 bits per heavy atom. The lowest BCUT2D eigenvalue weighted by molar-refractivity contribution is -0.120. The first-order chi connectivity index (χ1) is 9.77. The number of nitrogens with zero attached hydrogens (tertiary/aromatic N) is 1. The summed E-state index contributed by atoms with van der Waals surface area (Å²) in [4.78, 5) is 30.4. The third-order valence-electron chi connectivity index (χ3n) is 3.59. The number of hydrogen-bond acceptors (Lipinski definition) is 5. The van der Waals surface area contributed by atoms with Crippen LogP contribution >= 0.6 is 0 Å². The number of sulfone groups is 1. The zero-order valence-corrected chi connectivity index (χ0v) is 12.9. The number of aromatic nitrogens is 2. The van der Waals surface area contributed by atoms with E-state index in [1.54, 1.807) is 13.8 Å². The molecule has 2 heterocycles. The van der Waals surface area contributed by atoms with E-state index < -0.39 is 9.84 Å². The number of H-pyrrole nitrogens is 1. The molecule has 8 heteroatoms. The summed E-state index contributed by atoms with van der Waals surface area (Å²) in [6, 6.07) is 0. The molecule has 21 heavy (non-hydrogen) atoms. The minimum absolute atomic E-state index is 0.0329. The van der Waals surface area contributed by atoms with Crippen LogP contribution in [0.3, 0.4) is 0 Å². The predicted molar refractivity (Wildman–Crippen MR) is 77.8 cm³/mol. The van der Waals surface area contributed by atoms with Crippen LogP contribution in [0, 0.1) is 19.8 Å². The number of nitrogens with one attached hydrogen (secondary N) is 2. The number of rotatable bonds is 4. The van der Waals surface area contributed by atoms with Crippen molar-refractivity contribution < 1.29 is 13.2 Å². The van der Waals surface area contributed by atoms with Crippen LogP contribution in [-0.4, -0.2) is 42.3 Å². The van der Waals surface area contributed by atoms with Crippen LogP contribution in [0.25, 0.3) is 0 Å². The summed E-state index contributed by atoms with van der Waals surface area (Å²) in [6.07, 6.45) is 0.530. The lowest BCUT2D eigenvalue weighted by Gasteiger charge is -2.10. The third kappa shape index (κ3) is 4.13. The zero-order chi connectivity index (χ0) is 15.6. The van der Waals surface area contributed by atoms with Crippen molar-refractivity contribution >= 4 is 15.7 Å². The predicted octanol–water partition coefficient (Wildman–Crippen LogP) is -0.520. The number of carbonyl (C=O) groups is 1. The van der Waals surface area contributed by atoms with Gasteiger partial charge >= 0.3 is 0 Å². The molecule has 0 aliphatic carbocycles. The molecule has 0 unspecified atom stereocenters. The lowest BCUT2D eigenvalue weighted by Crippen LogP contribution is -2.33. The van der Waals surface area contributed by atoms with Gasteiger partial charge in [0.2, 0.25) is 5.91 Å². The molecule has 1 aromatic rings. The fourth-order valence-electron chi connectivity index (χ4n) is 2.47. The highest BCUT2D eigenvalue weighted by molar-refractivity contribution is 7.91. The maximum Gasteiger partial charge on any atom is 0.254 e. The summed E-state index contributed by atoms with van der Waals surface area (Å²) in [5.41, 5.74) is 0.575. The van der Waals surface area contributed by atoms with Crippen LogP contribution in [0.4, 0.5) is 0 Å². The second-order valence-electron chi connectivity index (χ2n) is 5.47. The van der Waals surface area contributed by atoms with Crippen LogP contribution in [0.2, 0.25) is 0 Å². The minimum atomic E-state index is -2.94. The van der Waals surface area contributed by atoms with Crippen molar-refractivity contribution in [2.24, 2.45) is 5.92 Å². The van der Waals surface area contributed by atoms with Gasteiger partial charge in [-0.05, 0) is 26.2 Å². The van der Waals surface area contributed by atoms with Gasteiger partial charge in [-0.2, -0.15) is 0 Å². The van der Waals surface area contributed by atoms with Gasteiger partial charge in [0.25, 0.3) is 5.56 Å². The largest absolute Gasteiger partial charge is 0.356 e. The molecule has 116 valence electrons. The van der Waals surface area contributed by atoms with E-state index in [0.717, 1.165) is 0 Å². The van der Waals surface area contributed by atoms with Gasteiger partial charge in [0.15, 0.2) is 9.84 Å². The van der Waals surface area contributed by atoms with Gasteiger partial charge in [0.1, 0.15) is 5.82 Å². The molecule has 0 spiro atoms. The van der Waals surface area contributed by atoms with Crippen molar-refractivity contribution in [2.45, 2.75) is 26.7 Å². The van der Waals surface area contributed by atoms with E-state index in [-0.39, 0.29) is 35.3 Å². The fourth-order valence-corrected chi connectivity index (χ4v) is 4.34. The standard InChI is InChI=1S/C13H19N3O4S/c1-8-11(13(18)16-9(2)15-8)5-12(17)14-6-10-3-4-21(19,20)7-10/h10H,3-7H2,1-2H3,(H,14,17)(H,15,16,18)/t10-/m1/s1. The number of carbonyl (C=O) groups excluding carboxylic acids is 1. The second-order valence-corrected chi connectivity index (χ2v) is 7.69. The lowest BCUT2D eigenvalue weighted by atomic mass is 10.1. The Labute approximate surface area is 123 Å². The summed E-state index contributed by atoms with van der Waals surface area (Å²) >= 11 is 0. The van der Waals surface area contributed by atoms with Gasteiger partial charge in [0.05, 0.1) is 17.9 Å². The van der Waals surface area contributed by atoms with E-state index in [2.05, 4.69) is 15.3 Å². The molecule has 2 N–H and O–H groups in total. The topological polar surface area (TPSA) is 109 Å². The Morgan fingerprint density at radius 3 is 2.71 bits per heavy atom. The Hall–Kier alpha value is -1.70. The fraction of sp³-hybridized carbons (Fsp3) is 0.615. The molecule has 1 atom stereocenters. The van der Waals surface area contributed by atoms with Crippen LogP contribution in [0.1, 0.15) is 23.5 Å². The van der Waals surface area contributed by atoms with Gasteiger partial charge in [-0.15, -0.1) is 0 Å². The Kier molecular flexibility index (Phi) is 4.46. The van der Waals surface area contributed by atoms with Crippen LogP contribution < -0.4 is 10.9 Å². The maximum atomic E-state index is 11.9. The van der Waals surface area contributed by atoms with Crippen LogP contribution in [0.15, 0.2) is 4.79 Å². The van der Waals surface area contributed by atoms with E-state index in [9.17, 15) is 18.0 Å². The van der Waals surface area contributed by atoms with E-state index in [0.29, 0.717) is 30.0 Å². The van der Waals surface area contributed by atoms with Gasteiger partial charge in [0, 0.05) is 17.8 Å². The van der Waals surface area contributed by atoms with E-state index in [4.69, 9.17) is 0 Å². The quantitative estimate of drug-likeness (QED) is 0.777. The van der Waals surface area contributed by atoms with Gasteiger partial charge in [-0.25, -0.2) is 13.4 Å². The molecular weight excluding hydrogens is 294 g/mol. The summed E-state index contributed by atoms with van der Waals surface area (Å²) < 4.78 is 22.7. The molecule has 1 fully saturated rings. The average Bonchev–Trinajstić information content (AvgIpc) is 2.71. The maximum absolute atomic E-state index is 11.9. The molecule has 1 aliphatic heterocycles. The first-order valence-corrected chi connectivity index (χ1v) is 8.62. The average molecular weight is 313 g/mol. The van der Waals surface area contributed by atoms with Crippen LogP contribution in [-0.2, 0) is 21.1 Å². The first-order valence-electron chi connectivity index (χ1n) is 6.80. The number of amides is 1. The van der Waals surface area contributed by atoms with Crippen LogP contribution in [0.5, 0.6) is 0 Å². The van der Waals surface area contributed by atoms with E-state index >= 15 is 0 Å². The molecule has 0 radical (unpaired) electrons. The Balaban J connectivity index is 1.93. The molecule has 1 aromatic heterocycles. The van der Waals surface area contributed by atoms with Crippen molar-refractivity contribution in [1.82, 2.24) is 15.3 Å². The van der Waals surface area contributed by atoms with E-state index in [1.807, 2.05) is 0 Å². The zero-order valence-electron chi connectivity index (χ0n) is 12.1. The molecule has 0 aromatic carbocycles. The molecule has 0 bridgehead atoms. The molecule has 1 amide bonds. The summed E-state index contributed by atoms with van der Waals surface area (Å²) in [7, 11) is -2.94. The van der Waals surface area contributed by atoms with Crippen molar-refractivity contribution in [3.05, 3.63) is 27.4 Å². The van der Waals surface area contributed by atoms with Crippen molar-refractivity contribution in [2.75, 3.05) is 18.1 Å². The Morgan fingerprint density at radius 1 is 1.43 bits per heavy atom. The summed E-state index contributed by atoms with van der Waals surface area (Å²) in [6.45, 7) is 3.70. The SMILES string of the molecule is Cc1nc(C)c(CC(=O)NC[C@H]2CCS(=O)(=O)C2)c(=O)[nH]1. The van der Waals surface area contributed by atoms with Crippen molar-refractivity contribution in [3.8, 4) is 0 Å². The van der Waals surface area contributed by atoms with Crippen molar-refractivity contribution in [1.29, 1.82) is 0 Å². The number of aromatic amines is 1. The first kappa shape index (κ1) is 15.7. The van der Waals surface area contributed by atoms with Gasteiger partial charge in [-0.3, -0.25) is 9.59 Å². The number of aryl methyl sites for hydroxylation is 2. The summed E-state index contributed by atoms with van der Waals surface area (Å²) in [5, 5.41) is 2.70. The molecule has 0 saturated carbocycles.